The molecule has 3 unspecified atom stereocenters. The molecule has 86 valence electrons. The molecule has 0 spiro atoms. The SMILES string of the molecule is Oc1cccc(C2CC3CC[C@@H](C2)N3P)c1. The molecule has 16 heavy (non-hydrogen) atoms. The highest BCUT2D eigenvalue weighted by molar-refractivity contribution is 7.13. The van der Waals surface area contributed by atoms with Gasteiger partial charge in [0.1, 0.15) is 5.75 Å². The number of aromatic hydroxyl groups is 1. The summed E-state index contributed by atoms with van der Waals surface area (Å²) in [6.07, 6.45) is 5.15. The molecular weight excluding hydrogens is 217 g/mol. The molecule has 0 aliphatic carbocycles. The molecule has 2 aliphatic heterocycles. The van der Waals surface area contributed by atoms with Gasteiger partial charge in [0, 0.05) is 12.1 Å². The minimum absolute atomic E-state index is 0.401. The van der Waals surface area contributed by atoms with Crippen molar-refractivity contribution in [1.29, 1.82) is 0 Å². The molecule has 2 aliphatic rings. The number of fused-ring (bicyclic) bond motifs is 2. The van der Waals surface area contributed by atoms with Crippen molar-refractivity contribution in [1.82, 2.24) is 4.67 Å². The van der Waals surface area contributed by atoms with E-state index in [0.29, 0.717) is 11.7 Å². The fourth-order valence-electron chi connectivity index (χ4n) is 3.26. The number of phenolic OH excluding ortho intramolecular Hbond substituents is 1. The molecule has 3 heteroatoms. The summed E-state index contributed by atoms with van der Waals surface area (Å²) in [7, 11) is 2.89. The van der Waals surface area contributed by atoms with E-state index in [0.717, 1.165) is 12.1 Å². The second-order valence-corrected chi connectivity index (χ2v) is 5.69. The van der Waals surface area contributed by atoms with Gasteiger partial charge in [0.2, 0.25) is 0 Å². The van der Waals surface area contributed by atoms with Crippen molar-refractivity contribution in [3.63, 3.8) is 0 Å². The van der Waals surface area contributed by atoms with Crippen LogP contribution in [0.2, 0.25) is 0 Å². The monoisotopic (exact) mass is 235 g/mol. The molecule has 3 rings (SSSR count). The number of hydrogen-bond donors (Lipinski definition) is 1. The van der Waals surface area contributed by atoms with Crippen molar-refractivity contribution in [2.45, 2.75) is 43.7 Å². The van der Waals surface area contributed by atoms with Crippen LogP contribution in [-0.4, -0.2) is 21.9 Å². The van der Waals surface area contributed by atoms with Gasteiger partial charge in [-0.05, 0) is 49.3 Å². The molecule has 0 saturated carbocycles. The van der Waals surface area contributed by atoms with E-state index in [2.05, 4.69) is 20.1 Å². The van der Waals surface area contributed by atoms with Crippen LogP contribution in [-0.2, 0) is 0 Å². The van der Waals surface area contributed by atoms with Crippen molar-refractivity contribution >= 4 is 9.39 Å². The Morgan fingerprint density at radius 3 is 2.50 bits per heavy atom. The molecule has 2 heterocycles. The average Bonchev–Trinajstić information content (AvgIpc) is 2.53. The molecule has 2 saturated heterocycles. The number of nitrogens with zero attached hydrogens (tertiary/aromatic N) is 1. The minimum atomic E-state index is 0.401. The first kappa shape index (κ1) is 10.6. The first-order valence-electron chi connectivity index (χ1n) is 6.06. The van der Waals surface area contributed by atoms with Gasteiger partial charge in [0.25, 0.3) is 0 Å². The van der Waals surface area contributed by atoms with Gasteiger partial charge in [-0.1, -0.05) is 21.5 Å². The third-order valence-corrected chi connectivity index (χ3v) is 4.97. The Hall–Kier alpha value is -0.590. The summed E-state index contributed by atoms with van der Waals surface area (Å²) in [6.45, 7) is 0. The third-order valence-electron chi connectivity index (χ3n) is 4.13. The summed E-state index contributed by atoms with van der Waals surface area (Å²) in [4.78, 5) is 0. The van der Waals surface area contributed by atoms with Gasteiger partial charge < -0.3 is 5.11 Å². The zero-order chi connectivity index (χ0) is 11.1. The van der Waals surface area contributed by atoms with Crippen LogP contribution in [0.4, 0.5) is 0 Å². The van der Waals surface area contributed by atoms with Gasteiger partial charge in [0.15, 0.2) is 0 Å². The Balaban J connectivity index is 1.83. The molecular formula is C13H18NOP. The number of piperidine rings is 1. The van der Waals surface area contributed by atoms with E-state index < -0.39 is 0 Å². The van der Waals surface area contributed by atoms with Crippen molar-refractivity contribution in [3.05, 3.63) is 29.8 Å². The van der Waals surface area contributed by atoms with E-state index in [1.165, 1.54) is 31.2 Å². The van der Waals surface area contributed by atoms with Crippen LogP contribution in [0.25, 0.3) is 0 Å². The molecule has 0 amide bonds. The maximum atomic E-state index is 9.53. The van der Waals surface area contributed by atoms with Crippen LogP contribution in [0.5, 0.6) is 5.75 Å². The molecule has 2 bridgehead atoms. The summed E-state index contributed by atoms with van der Waals surface area (Å²) in [5, 5.41) is 9.53. The smallest absolute Gasteiger partial charge is 0.115 e. The summed E-state index contributed by atoms with van der Waals surface area (Å²) in [5.74, 6) is 1.04. The predicted molar refractivity (Wildman–Crippen MR) is 68.4 cm³/mol. The Morgan fingerprint density at radius 1 is 1.19 bits per heavy atom. The Labute approximate surface area is 98.9 Å². The summed E-state index contributed by atoms with van der Waals surface area (Å²) >= 11 is 0. The van der Waals surface area contributed by atoms with Crippen LogP contribution in [0.3, 0.4) is 0 Å². The minimum Gasteiger partial charge on any atom is -0.508 e. The van der Waals surface area contributed by atoms with Crippen molar-refractivity contribution in [2.24, 2.45) is 0 Å². The lowest BCUT2D eigenvalue weighted by Gasteiger charge is -2.36. The van der Waals surface area contributed by atoms with Crippen molar-refractivity contribution in [3.8, 4) is 5.75 Å². The molecule has 4 atom stereocenters. The lowest BCUT2D eigenvalue weighted by atomic mass is 9.86. The fraction of sp³-hybridized carbons (Fsp3) is 0.538. The lowest BCUT2D eigenvalue weighted by Crippen LogP contribution is -2.34. The zero-order valence-electron chi connectivity index (χ0n) is 9.34. The molecule has 1 aromatic rings. The van der Waals surface area contributed by atoms with Crippen LogP contribution in [0.15, 0.2) is 24.3 Å². The van der Waals surface area contributed by atoms with Crippen molar-refractivity contribution in [2.75, 3.05) is 0 Å². The average molecular weight is 235 g/mol. The van der Waals surface area contributed by atoms with Gasteiger partial charge in [0.05, 0.1) is 0 Å². The Morgan fingerprint density at radius 2 is 1.88 bits per heavy atom. The maximum Gasteiger partial charge on any atom is 0.115 e. The van der Waals surface area contributed by atoms with Crippen LogP contribution in [0.1, 0.15) is 37.2 Å². The standard InChI is InChI=1S/C13H18NOP/c15-13-3-1-2-9(8-13)10-6-11-4-5-12(7-10)14(11)16/h1-3,8,10-12,15H,4-7,16H2/t10?,11-,12?/m0/s1. The topological polar surface area (TPSA) is 23.5 Å². The molecule has 0 aromatic heterocycles. The number of benzene rings is 1. The van der Waals surface area contributed by atoms with E-state index in [1.54, 1.807) is 6.07 Å². The quantitative estimate of drug-likeness (QED) is 0.756. The van der Waals surface area contributed by atoms with Gasteiger partial charge in [-0.25, -0.2) is 0 Å². The second kappa shape index (κ2) is 4.01. The predicted octanol–water partition coefficient (Wildman–Crippen LogP) is 2.89. The third kappa shape index (κ3) is 1.74. The van der Waals surface area contributed by atoms with E-state index in [4.69, 9.17) is 0 Å². The van der Waals surface area contributed by atoms with E-state index >= 15 is 0 Å². The second-order valence-electron chi connectivity index (χ2n) is 5.10. The van der Waals surface area contributed by atoms with Crippen LogP contribution in [0, 0.1) is 0 Å². The summed E-state index contributed by atoms with van der Waals surface area (Å²) < 4.78 is 2.47. The van der Waals surface area contributed by atoms with Crippen LogP contribution >= 0.6 is 9.39 Å². The first-order valence-corrected chi connectivity index (χ1v) is 6.57. The molecule has 2 nitrogen and oxygen atoms in total. The van der Waals surface area contributed by atoms with Crippen LogP contribution < -0.4 is 0 Å². The Bertz CT molecular complexity index is 381. The normalized spacial score (nSPS) is 34.2. The van der Waals surface area contributed by atoms with Gasteiger partial charge >= 0.3 is 0 Å². The molecule has 1 N–H and O–H groups in total. The summed E-state index contributed by atoms with van der Waals surface area (Å²) in [5.41, 5.74) is 1.31. The van der Waals surface area contributed by atoms with Gasteiger partial charge in [-0.2, -0.15) is 0 Å². The van der Waals surface area contributed by atoms with Crippen molar-refractivity contribution < 1.29 is 5.11 Å². The van der Waals surface area contributed by atoms with E-state index in [1.807, 2.05) is 12.1 Å². The first-order chi connectivity index (χ1) is 7.74. The number of phenols is 1. The number of rotatable bonds is 1. The summed E-state index contributed by atoms with van der Waals surface area (Å²) in [6, 6.07) is 9.26. The van der Waals surface area contributed by atoms with Gasteiger partial charge in [-0.15, -0.1) is 0 Å². The lowest BCUT2D eigenvalue weighted by molar-refractivity contribution is 0.244. The largest absolute Gasteiger partial charge is 0.508 e. The highest BCUT2D eigenvalue weighted by Gasteiger charge is 2.38. The Kier molecular flexibility index (Phi) is 2.65. The highest BCUT2D eigenvalue weighted by atomic mass is 31.0. The molecule has 1 aromatic carbocycles. The fourth-order valence-corrected chi connectivity index (χ4v) is 3.81. The zero-order valence-corrected chi connectivity index (χ0v) is 10.5. The maximum absolute atomic E-state index is 9.53. The van der Waals surface area contributed by atoms with E-state index in [9.17, 15) is 5.11 Å². The van der Waals surface area contributed by atoms with Gasteiger partial charge in [-0.3, -0.25) is 4.67 Å². The molecule has 2 fully saturated rings. The van der Waals surface area contributed by atoms with E-state index in [-0.39, 0.29) is 0 Å². The molecule has 0 radical (unpaired) electrons. The highest BCUT2D eigenvalue weighted by Crippen LogP contribution is 2.44. The number of hydrogen-bond acceptors (Lipinski definition) is 2.